The zero-order valence-electron chi connectivity index (χ0n) is 20.6. The quantitative estimate of drug-likeness (QED) is 0.300. The van der Waals surface area contributed by atoms with Gasteiger partial charge in [0.2, 0.25) is 0 Å². The van der Waals surface area contributed by atoms with Gasteiger partial charge in [0, 0.05) is 43.0 Å². The molecule has 0 fully saturated rings. The SMILES string of the molecule is Cn1cc(-c2cnc3ccc(-c4cncc(NS(=O)(=O)c5ccc(Oc6ccncc6)cc5)c4)cc3n2)cn1. The third-order valence-corrected chi connectivity index (χ3v) is 7.28. The lowest BCUT2D eigenvalue weighted by Crippen LogP contribution is -2.13. The summed E-state index contributed by atoms with van der Waals surface area (Å²) in [5.41, 5.74) is 4.91. The van der Waals surface area contributed by atoms with Crippen LogP contribution >= 0.6 is 0 Å². The molecular formula is C28H21N7O3S. The standard InChI is InChI=1S/C28H21N7O3S/c1-35-18-21(15-32-35)28-17-31-26-7-2-19(13-27(26)33-28)20-12-22(16-30-14-20)34-39(36,37)25-5-3-23(4-6-25)38-24-8-10-29-11-9-24/h2-18,34H,1H3. The number of benzene rings is 2. The number of nitrogens with zero attached hydrogens (tertiary/aromatic N) is 6. The van der Waals surface area contributed by atoms with E-state index in [0.717, 1.165) is 22.2 Å². The minimum Gasteiger partial charge on any atom is -0.457 e. The van der Waals surface area contributed by atoms with Gasteiger partial charge in [-0.3, -0.25) is 24.4 Å². The minimum atomic E-state index is -3.86. The van der Waals surface area contributed by atoms with Crippen LogP contribution in [0.1, 0.15) is 0 Å². The van der Waals surface area contributed by atoms with Crippen LogP contribution in [0.3, 0.4) is 0 Å². The molecule has 10 nitrogen and oxygen atoms in total. The highest BCUT2D eigenvalue weighted by Crippen LogP contribution is 2.28. The van der Waals surface area contributed by atoms with Gasteiger partial charge in [-0.1, -0.05) is 6.07 Å². The summed E-state index contributed by atoms with van der Waals surface area (Å²) >= 11 is 0. The van der Waals surface area contributed by atoms with E-state index in [-0.39, 0.29) is 4.90 Å². The van der Waals surface area contributed by atoms with Crippen molar-refractivity contribution < 1.29 is 13.2 Å². The van der Waals surface area contributed by atoms with Crippen LogP contribution in [-0.4, -0.2) is 38.1 Å². The zero-order chi connectivity index (χ0) is 26.8. The fourth-order valence-electron chi connectivity index (χ4n) is 3.98. The molecule has 6 aromatic rings. The molecule has 11 heteroatoms. The van der Waals surface area contributed by atoms with E-state index in [2.05, 4.69) is 24.8 Å². The summed E-state index contributed by atoms with van der Waals surface area (Å²) in [5, 5.41) is 4.20. The average molecular weight is 536 g/mol. The van der Waals surface area contributed by atoms with Gasteiger partial charge >= 0.3 is 0 Å². The molecule has 0 saturated carbocycles. The fraction of sp³-hybridized carbons (Fsp3) is 0.0357. The van der Waals surface area contributed by atoms with Crippen LogP contribution in [0.4, 0.5) is 5.69 Å². The summed E-state index contributed by atoms with van der Waals surface area (Å²) in [6, 6.07) is 17.0. The minimum absolute atomic E-state index is 0.0962. The Hall–Kier alpha value is -5.16. The van der Waals surface area contributed by atoms with Gasteiger partial charge in [-0.15, -0.1) is 0 Å². The van der Waals surface area contributed by atoms with E-state index in [1.165, 1.54) is 18.3 Å². The Kier molecular flexibility index (Phi) is 6.17. The molecule has 2 aromatic carbocycles. The van der Waals surface area contributed by atoms with Gasteiger partial charge in [-0.25, -0.2) is 13.4 Å². The molecule has 192 valence electrons. The normalized spacial score (nSPS) is 11.4. The van der Waals surface area contributed by atoms with Crippen LogP contribution in [0, 0.1) is 0 Å². The molecule has 0 unspecified atom stereocenters. The second-order valence-corrected chi connectivity index (χ2v) is 10.4. The van der Waals surface area contributed by atoms with Gasteiger partial charge in [0.1, 0.15) is 11.5 Å². The molecule has 1 N–H and O–H groups in total. The fourth-order valence-corrected chi connectivity index (χ4v) is 5.01. The first-order chi connectivity index (χ1) is 18.9. The van der Waals surface area contributed by atoms with E-state index < -0.39 is 10.0 Å². The summed E-state index contributed by atoms with van der Waals surface area (Å²) < 4.78 is 36.1. The smallest absolute Gasteiger partial charge is 0.261 e. The summed E-state index contributed by atoms with van der Waals surface area (Å²) in [4.78, 5) is 17.5. The first-order valence-corrected chi connectivity index (χ1v) is 13.3. The lowest BCUT2D eigenvalue weighted by atomic mass is 10.1. The van der Waals surface area contributed by atoms with Crippen LogP contribution in [-0.2, 0) is 17.1 Å². The molecule has 0 aliphatic carbocycles. The van der Waals surface area contributed by atoms with Crippen molar-refractivity contribution in [3.63, 3.8) is 0 Å². The lowest BCUT2D eigenvalue weighted by Gasteiger charge is -2.11. The number of nitrogens with one attached hydrogen (secondary N) is 1. The van der Waals surface area contributed by atoms with E-state index in [4.69, 9.17) is 9.72 Å². The molecule has 4 heterocycles. The van der Waals surface area contributed by atoms with Crippen molar-refractivity contribution in [2.75, 3.05) is 4.72 Å². The highest BCUT2D eigenvalue weighted by molar-refractivity contribution is 7.92. The van der Waals surface area contributed by atoms with Crippen LogP contribution in [0.15, 0.2) is 109 Å². The molecule has 0 aliphatic heterocycles. The largest absolute Gasteiger partial charge is 0.457 e. The Morgan fingerprint density at radius 2 is 1.56 bits per heavy atom. The van der Waals surface area contributed by atoms with E-state index in [1.54, 1.807) is 66.0 Å². The van der Waals surface area contributed by atoms with Crippen LogP contribution < -0.4 is 9.46 Å². The van der Waals surface area contributed by atoms with E-state index in [9.17, 15) is 8.42 Å². The summed E-state index contributed by atoms with van der Waals surface area (Å²) in [6.07, 6.45) is 11.7. The van der Waals surface area contributed by atoms with E-state index in [1.807, 2.05) is 31.4 Å². The summed E-state index contributed by atoms with van der Waals surface area (Å²) in [5.74, 6) is 1.12. The van der Waals surface area contributed by atoms with Gasteiger partial charge in [0.05, 0.1) is 45.9 Å². The molecule has 39 heavy (non-hydrogen) atoms. The number of aryl methyl sites for hydroxylation is 1. The molecule has 6 rings (SSSR count). The molecule has 0 saturated heterocycles. The van der Waals surface area contributed by atoms with Crippen LogP contribution in [0.2, 0.25) is 0 Å². The maximum Gasteiger partial charge on any atom is 0.261 e. The lowest BCUT2D eigenvalue weighted by molar-refractivity contribution is 0.481. The number of aromatic nitrogens is 6. The van der Waals surface area contributed by atoms with E-state index in [0.29, 0.717) is 28.4 Å². The molecule has 0 atom stereocenters. The second-order valence-electron chi connectivity index (χ2n) is 8.69. The Labute approximate surface area is 224 Å². The Morgan fingerprint density at radius 3 is 2.33 bits per heavy atom. The Balaban J connectivity index is 1.23. The number of fused-ring (bicyclic) bond motifs is 1. The molecular weight excluding hydrogens is 514 g/mol. The van der Waals surface area contributed by atoms with Crippen molar-refractivity contribution in [3.8, 4) is 33.9 Å². The van der Waals surface area contributed by atoms with Crippen molar-refractivity contribution in [3.05, 3.63) is 104 Å². The number of anilines is 1. The highest BCUT2D eigenvalue weighted by atomic mass is 32.2. The number of rotatable bonds is 7. The van der Waals surface area contributed by atoms with Gasteiger partial charge in [-0.05, 0) is 60.2 Å². The van der Waals surface area contributed by atoms with E-state index >= 15 is 0 Å². The third-order valence-electron chi connectivity index (χ3n) is 5.89. The Bertz CT molecular complexity index is 1890. The number of ether oxygens (including phenoxy) is 1. The molecule has 0 spiro atoms. The van der Waals surface area contributed by atoms with Crippen molar-refractivity contribution in [1.82, 2.24) is 29.7 Å². The third kappa shape index (κ3) is 5.29. The van der Waals surface area contributed by atoms with Crippen molar-refractivity contribution in [2.24, 2.45) is 7.05 Å². The van der Waals surface area contributed by atoms with Gasteiger partial charge < -0.3 is 4.74 Å². The molecule has 4 aromatic heterocycles. The Morgan fingerprint density at radius 1 is 0.769 bits per heavy atom. The number of pyridine rings is 2. The topological polar surface area (TPSA) is 125 Å². The van der Waals surface area contributed by atoms with Crippen LogP contribution in [0.5, 0.6) is 11.5 Å². The first-order valence-electron chi connectivity index (χ1n) is 11.8. The monoisotopic (exact) mass is 535 g/mol. The predicted molar refractivity (Wildman–Crippen MR) is 147 cm³/mol. The molecule has 0 amide bonds. The second kappa shape index (κ2) is 9.95. The maximum absolute atomic E-state index is 13.1. The summed E-state index contributed by atoms with van der Waals surface area (Å²) in [6.45, 7) is 0. The number of hydrogen-bond donors (Lipinski definition) is 1. The van der Waals surface area contributed by atoms with Crippen molar-refractivity contribution in [1.29, 1.82) is 0 Å². The predicted octanol–water partition coefficient (Wildman–Crippen LogP) is 5.08. The molecule has 0 bridgehead atoms. The average Bonchev–Trinajstić information content (AvgIpc) is 3.39. The summed E-state index contributed by atoms with van der Waals surface area (Å²) in [7, 11) is -2.01. The van der Waals surface area contributed by atoms with Crippen molar-refractivity contribution >= 4 is 26.7 Å². The maximum atomic E-state index is 13.1. The molecule has 0 aliphatic rings. The first kappa shape index (κ1) is 24.2. The zero-order valence-corrected chi connectivity index (χ0v) is 21.4. The number of sulfonamides is 1. The molecule has 0 radical (unpaired) electrons. The van der Waals surface area contributed by atoms with Gasteiger partial charge in [0.15, 0.2) is 0 Å². The highest BCUT2D eigenvalue weighted by Gasteiger charge is 2.15. The van der Waals surface area contributed by atoms with Crippen molar-refractivity contribution in [2.45, 2.75) is 4.90 Å². The van der Waals surface area contributed by atoms with Gasteiger partial charge in [-0.2, -0.15) is 5.10 Å². The van der Waals surface area contributed by atoms with Crippen LogP contribution in [0.25, 0.3) is 33.4 Å². The van der Waals surface area contributed by atoms with Gasteiger partial charge in [0.25, 0.3) is 10.0 Å². The number of hydrogen-bond acceptors (Lipinski definition) is 8.